The number of piperidine rings is 1. The number of hydrogen-bond acceptors (Lipinski definition) is 6. The molecule has 0 bridgehead atoms. The molecular formula is C25H29FN6O. The first-order chi connectivity index (χ1) is 16.0. The predicted molar refractivity (Wildman–Crippen MR) is 126 cm³/mol. The third kappa shape index (κ3) is 5.90. The average Bonchev–Trinajstić information content (AvgIpc) is 2.84. The quantitative estimate of drug-likeness (QED) is 0.598. The van der Waals surface area contributed by atoms with Crippen molar-refractivity contribution in [2.24, 2.45) is 0 Å². The third-order valence-corrected chi connectivity index (χ3v) is 5.81. The van der Waals surface area contributed by atoms with Crippen LogP contribution < -0.4 is 10.2 Å². The maximum absolute atomic E-state index is 13.5. The Hall–Kier alpha value is -3.39. The van der Waals surface area contributed by atoms with E-state index in [4.69, 9.17) is 4.98 Å². The summed E-state index contributed by atoms with van der Waals surface area (Å²) in [5.41, 5.74) is 3.58. The lowest BCUT2D eigenvalue weighted by Gasteiger charge is -2.33. The minimum atomic E-state index is -0.272. The van der Waals surface area contributed by atoms with Gasteiger partial charge in [-0.1, -0.05) is 18.2 Å². The normalized spacial score (nSPS) is 16.4. The molecule has 172 valence electrons. The molecule has 1 aliphatic heterocycles. The van der Waals surface area contributed by atoms with Gasteiger partial charge in [-0.05, 0) is 49.2 Å². The molecule has 1 fully saturated rings. The highest BCUT2D eigenvalue weighted by Crippen LogP contribution is 2.34. The molecule has 1 saturated heterocycles. The SMILES string of the molecule is CN(C)c1ncc(-c2ccc(F)cc2)c(C2CCCN(CC(=O)NCc3ccccn3)C2)n1. The topological polar surface area (TPSA) is 74.2 Å². The van der Waals surface area contributed by atoms with Crippen molar-refractivity contribution in [3.63, 3.8) is 0 Å². The molecule has 1 unspecified atom stereocenters. The highest BCUT2D eigenvalue weighted by molar-refractivity contribution is 5.78. The molecule has 0 saturated carbocycles. The van der Waals surface area contributed by atoms with E-state index >= 15 is 0 Å². The summed E-state index contributed by atoms with van der Waals surface area (Å²) >= 11 is 0. The summed E-state index contributed by atoms with van der Waals surface area (Å²) in [6, 6.07) is 12.1. The van der Waals surface area contributed by atoms with Gasteiger partial charge in [0.15, 0.2) is 0 Å². The number of carbonyl (C=O) groups is 1. The molecule has 33 heavy (non-hydrogen) atoms. The van der Waals surface area contributed by atoms with Crippen LogP contribution in [0.25, 0.3) is 11.1 Å². The molecule has 0 spiro atoms. The van der Waals surface area contributed by atoms with Gasteiger partial charge in [-0.3, -0.25) is 14.7 Å². The molecule has 7 nitrogen and oxygen atoms in total. The van der Waals surface area contributed by atoms with Crippen LogP contribution >= 0.6 is 0 Å². The van der Waals surface area contributed by atoms with Gasteiger partial charge in [-0.15, -0.1) is 0 Å². The summed E-state index contributed by atoms with van der Waals surface area (Å²) in [5.74, 6) is 0.508. The van der Waals surface area contributed by atoms with E-state index in [-0.39, 0.29) is 17.6 Å². The van der Waals surface area contributed by atoms with Gasteiger partial charge in [0, 0.05) is 44.5 Å². The van der Waals surface area contributed by atoms with Crippen molar-refractivity contribution in [2.75, 3.05) is 38.6 Å². The Balaban J connectivity index is 1.49. The molecule has 1 atom stereocenters. The number of amides is 1. The van der Waals surface area contributed by atoms with Crippen molar-refractivity contribution >= 4 is 11.9 Å². The second kappa shape index (κ2) is 10.5. The molecule has 1 N–H and O–H groups in total. The smallest absolute Gasteiger partial charge is 0.234 e. The summed E-state index contributed by atoms with van der Waals surface area (Å²) in [5, 5.41) is 2.96. The van der Waals surface area contributed by atoms with Gasteiger partial charge in [0.1, 0.15) is 5.82 Å². The Labute approximate surface area is 193 Å². The van der Waals surface area contributed by atoms with Crippen LogP contribution in [0.4, 0.5) is 10.3 Å². The lowest BCUT2D eigenvalue weighted by Crippen LogP contribution is -2.42. The summed E-state index contributed by atoms with van der Waals surface area (Å²) in [6.45, 7) is 2.35. The molecule has 3 heterocycles. The number of rotatable bonds is 7. The van der Waals surface area contributed by atoms with Crippen molar-refractivity contribution in [3.05, 3.63) is 72.1 Å². The van der Waals surface area contributed by atoms with Crippen LogP contribution in [0.1, 0.15) is 30.1 Å². The maximum atomic E-state index is 13.5. The van der Waals surface area contributed by atoms with Gasteiger partial charge < -0.3 is 10.2 Å². The zero-order valence-electron chi connectivity index (χ0n) is 19.0. The van der Waals surface area contributed by atoms with Crippen LogP contribution in [-0.2, 0) is 11.3 Å². The Morgan fingerprint density at radius 1 is 1.18 bits per heavy atom. The Morgan fingerprint density at radius 2 is 2.00 bits per heavy atom. The highest BCUT2D eigenvalue weighted by atomic mass is 19.1. The van der Waals surface area contributed by atoms with Gasteiger partial charge in [-0.2, -0.15) is 0 Å². The van der Waals surface area contributed by atoms with E-state index < -0.39 is 0 Å². The third-order valence-electron chi connectivity index (χ3n) is 5.81. The molecular weight excluding hydrogens is 419 g/mol. The molecule has 1 aliphatic rings. The number of benzene rings is 1. The molecule has 1 aromatic carbocycles. The van der Waals surface area contributed by atoms with Crippen LogP contribution in [0.15, 0.2) is 54.9 Å². The summed E-state index contributed by atoms with van der Waals surface area (Å²) in [7, 11) is 3.82. The number of nitrogens with one attached hydrogen (secondary N) is 1. The lowest BCUT2D eigenvalue weighted by molar-refractivity contribution is -0.122. The van der Waals surface area contributed by atoms with Crippen LogP contribution in [0, 0.1) is 5.82 Å². The number of pyridine rings is 1. The van der Waals surface area contributed by atoms with Gasteiger partial charge in [0.05, 0.1) is 24.5 Å². The van der Waals surface area contributed by atoms with Crippen LogP contribution in [0.5, 0.6) is 0 Å². The standard InChI is InChI=1S/C25H29FN6O/c1-31(2)25-29-15-22(18-8-10-20(26)11-9-18)24(30-25)19-6-5-13-32(16-19)17-23(33)28-14-21-7-3-4-12-27-21/h3-4,7-12,15,19H,5-6,13-14,16-17H2,1-2H3,(H,28,33). The zero-order valence-corrected chi connectivity index (χ0v) is 19.0. The van der Waals surface area contributed by atoms with Crippen LogP contribution in [0.2, 0.25) is 0 Å². The fourth-order valence-electron chi connectivity index (χ4n) is 4.14. The number of carbonyl (C=O) groups excluding carboxylic acids is 1. The predicted octanol–water partition coefficient (Wildman–Crippen LogP) is 3.24. The van der Waals surface area contributed by atoms with Crippen LogP contribution in [-0.4, -0.2) is 59.5 Å². The van der Waals surface area contributed by atoms with Crippen molar-refractivity contribution < 1.29 is 9.18 Å². The highest BCUT2D eigenvalue weighted by Gasteiger charge is 2.27. The van der Waals surface area contributed by atoms with E-state index in [0.717, 1.165) is 48.4 Å². The van der Waals surface area contributed by atoms with E-state index in [9.17, 15) is 9.18 Å². The summed E-state index contributed by atoms with van der Waals surface area (Å²) in [6.07, 6.45) is 5.50. The average molecular weight is 449 g/mol. The largest absolute Gasteiger partial charge is 0.349 e. The number of hydrogen-bond donors (Lipinski definition) is 1. The molecule has 4 rings (SSSR count). The maximum Gasteiger partial charge on any atom is 0.234 e. The molecule has 8 heteroatoms. The van der Waals surface area contributed by atoms with Gasteiger partial charge in [0.25, 0.3) is 0 Å². The van der Waals surface area contributed by atoms with Crippen molar-refractivity contribution in [1.29, 1.82) is 0 Å². The Morgan fingerprint density at radius 3 is 2.73 bits per heavy atom. The van der Waals surface area contributed by atoms with Crippen molar-refractivity contribution in [2.45, 2.75) is 25.3 Å². The van der Waals surface area contributed by atoms with Crippen LogP contribution in [0.3, 0.4) is 0 Å². The summed E-state index contributed by atoms with van der Waals surface area (Å²) in [4.78, 5) is 30.2. The Kier molecular flexibility index (Phi) is 7.24. The first-order valence-corrected chi connectivity index (χ1v) is 11.2. The number of aromatic nitrogens is 3. The summed E-state index contributed by atoms with van der Waals surface area (Å²) < 4.78 is 13.5. The van der Waals surface area contributed by atoms with Crippen molar-refractivity contribution in [1.82, 2.24) is 25.2 Å². The number of nitrogens with zero attached hydrogens (tertiary/aromatic N) is 5. The lowest BCUT2D eigenvalue weighted by atomic mass is 9.90. The number of anilines is 1. The first kappa shape index (κ1) is 22.8. The van der Waals surface area contributed by atoms with E-state index in [1.807, 2.05) is 43.4 Å². The van der Waals surface area contributed by atoms with E-state index in [0.29, 0.717) is 19.0 Å². The Bertz CT molecular complexity index is 1070. The second-order valence-electron chi connectivity index (χ2n) is 8.54. The monoisotopic (exact) mass is 448 g/mol. The van der Waals surface area contributed by atoms with E-state index in [1.165, 1.54) is 12.1 Å². The fourth-order valence-corrected chi connectivity index (χ4v) is 4.14. The van der Waals surface area contributed by atoms with Gasteiger partial charge >= 0.3 is 0 Å². The molecule has 2 aromatic heterocycles. The molecule has 1 amide bonds. The van der Waals surface area contributed by atoms with Gasteiger partial charge in [0.2, 0.25) is 11.9 Å². The second-order valence-corrected chi connectivity index (χ2v) is 8.54. The van der Waals surface area contributed by atoms with E-state index in [2.05, 4.69) is 20.2 Å². The number of halogens is 1. The number of likely N-dealkylation sites (tertiary alicyclic amines) is 1. The minimum absolute atomic E-state index is 0.0169. The molecule has 3 aromatic rings. The zero-order chi connectivity index (χ0) is 23.2. The molecule has 0 aliphatic carbocycles. The first-order valence-electron chi connectivity index (χ1n) is 11.2. The van der Waals surface area contributed by atoms with E-state index in [1.54, 1.807) is 18.3 Å². The van der Waals surface area contributed by atoms with Crippen molar-refractivity contribution in [3.8, 4) is 11.1 Å². The fraction of sp³-hybridized carbons (Fsp3) is 0.360. The molecule has 0 radical (unpaired) electrons. The van der Waals surface area contributed by atoms with Gasteiger partial charge in [-0.25, -0.2) is 14.4 Å². The minimum Gasteiger partial charge on any atom is -0.349 e.